The van der Waals surface area contributed by atoms with Crippen LogP contribution in [0.3, 0.4) is 0 Å². The van der Waals surface area contributed by atoms with E-state index in [1.54, 1.807) is 18.3 Å². The maximum absolute atomic E-state index is 13.4. The highest BCUT2D eigenvalue weighted by atomic mass is 19.1. The van der Waals surface area contributed by atoms with E-state index in [1.165, 1.54) is 6.07 Å². The summed E-state index contributed by atoms with van der Waals surface area (Å²) in [7, 11) is 0. The molecule has 0 aliphatic heterocycles. The van der Waals surface area contributed by atoms with Crippen molar-refractivity contribution < 1.29 is 4.39 Å². The Bertz CT molecular complexity index is 493. The Hall–Kier alpha value is -1.68. The van der Waals surface area contributed by atoms with Crippen molar-refractivity contribution in [2.45, 2.75) is 33.0 Å². The average molecular weight is 247 g/mol. The molecule has 0 unspecified atom stereocenters. The largest absolute Gasteiger partial charge is 0.334 e. The van der Waals surface area contributed by atoms with Crippen LogP contribution < -0.4 is 5.32 Å². The number of aryl methyl sites for hydroxylation is 1. The van der Waals surface area contributed by atoms with Gasteiger partial charge in [-0.05, 0) is 12.5 Å². The Morgan fingerprint density at radius 1 is 1.28 bits per heavy atom. The number of hydrogen-bond acceptors (Lipinski definition) is 2. The smallest absolute Gasteiger partial charge is 0.127 e. The maximum Gasteiger partial charge on any atom is 0.127 e. The molecule has 0 aliphatic carbocycles. The van der Waals surface area contributed by atoms with E-state index in [2.05, 4.69) is 21.8 Å². The topological polar surface area (TPSA) is 29.9 Å². The number of nitrogens with zero attached hydrogens (tertiary/aromatic N) is 2. The Balaban J connectivity index is 1.88. The molecule has 0 saturated carbocycles. The number of aromatic nitrogens is 2. The van der Waals surface area contributed by atoms with E-state index in [0.717, 1.165) is 18.8 Å². The van der Waals surface area contributed by atoms with Crippen molar-refractivity contribution >= 4 is 0 Å². The average Bonchev–Trinajstić information content (AvgIpc) is 2.80. The standard InChI is InChI=1S/C14H18FN3/c1-2-8-18-9-7-17-14(18)11-16-10-12-5-3-4-6-13(12)15/h3-7,9,16H,2,8,10-11H2,1H3. The summed E-state index contributed by atoms with van der Waals surface area (Å²) in [5, 5.41) is 3.22. The summed E-state index contributed by atoms with van der Waals surface area (Å²) in [5.74, 6) is 0.829. The molecule has 0 aliphatic rings. The molecule has 1 N–H and O–H groups in total. The lowest BCUT2D eigenvalue weighted by Gasteiger charge is -2.08. The lowest BCUT2D eigenvalue weighted by Crippen LogP contribution is -2.17. The fourth-order valence-electron chi connectivity index (χ4n) is 1.90. The van der Waals surface area contributed by atoms with Crippen molar-refractivity contribution in [3.63, 3.8) is 0 Å². The molecule has 2 aromatic rings. The van der Waals surface area contributed by atoms with E-state index in [1.807, 2.05) is 12.3 Å². The van der Waals surface area contributed by atoms with Gasteiger partial charge in [-0.1, -0.05) is 25.1 Å². The maximum atomic E-state index is 13.4. The molecule has 96 valence electrons. The van der Waals surface area contributed by atoms with Crippen LogP contribution >= 0.6 is 0 Å². The second kappa shape index (κ2) is 6.31. The van der Waals surface area contributed by atoms with E-state index in [0.29, 0.717) is 18.7 Å². The van der Waals surface area contributed by atoms with E-state index < -0.39 is 0 Å². The number of rotatable bonds is 6. The third kappa shape index (κ3) is 3.17. The van der Waals surface area contributed by atoms with Crippen LogP contribution in [0.5, 0.6) is 0 Å². The molecule has 3 nitrogen and oxygen atoms in total. The minimum absolute atomic E-state index is 0.165. The Morgan fingerprint density at radius 2 is 2.11 bits per heavy atom. The van der Waals surface area contributed by atoms with E-state index in [9.17, 15) is 4.39 Å². The van der Waals surface area contributed by atoms with Gasteiger partial charge < -0.3 is 9.88 Å². The van der Waals surface area contributed by atoms with E-state index in [-0.39, 0.29) is 5.82 Å². The number of hydrogen-bond donors (Lipinski definition) is 1. The van der Waals surface area contributed by atoms with Gasteiger partial charge in [-0.15, -0.1) is 0 Å². The van der Waals surface area contributed by atoms with Gasteiger partial charge in [-0.25, -0.2) is 9.37 Å². The van der Waals surface area contributed by atoms with Crippen molar-refractivity contribution in [1.29, 1.82) is 0 Å². The lowest BCUT2D eigenvalue weighted by molar-refractivity contribution is 0.563. The number of imidazole rings is 1. The fraction of sp³-hybridized carbons (Fsp3) is 0.357. The van der Waals surface area contributed by atoms with Crippen molar-refractivity contribution in [2.75, 3.05) is 0 Å². The minimum Gasteiger partial charge on any atom is -0.334 e. The summed E-state index contributed by atoms with van der Waals surface area (Å²) >= 11 is 0. The van der Waals surface area contributed by atoms with Crippen molar-refractivity contribution in [2.24, 2.45) is 0 Å². The molecule has 0 saturated heterocycles. The van der Waals surface area contributed by atoms with Crippen molar-refractivity contribution in [1.82, 2.24) is 14.9 Å². The summed E-state index contributed by atoms with van der Waals surface area (Å²) in [5.41, 5.74) is 0.686. The molecule has 4 heteroatoms. The molecule has 1 aromatic carbocycles. The zero-order valence-electron chi connectivity index (χ0n) is 10.6. The molecule has 0 radical (unpaired) electrons. The quantitative estimate of drug-likeness (QED) is 0.850. The van der Waals surface area contributed by atoms with Crippen LogP contribution in [0, 0.1) is 5.82 Å². The Kier molecular flexibility index (Phi) is 4.47. The highest BCUT2D eigenvalue weighted by Gasteiger charge is 2.03. The van der Waals surface area contributed by atoms with Crippen LogP contribution in [0.4, 0.5) is 4.39 Å². The second-order valence-electron chi connectivity index (χ2n) is 4.23. The molecule has 0 amide bonds. The van der Waals surface area contributed by atoms with Crippen LogP contribution in [-0.4, -0.2) is 9.55 Å². The third-order valence-electron chi connectivity index (χ3n) is 2.82. The molecule has 0 bridgehead atoms. The first-order valence-corrected chi connectivity index (χ1v) is 6.25. The summed E-state index contributed by atoms with van der Waals surface area (Å²) in [6, 6.07) is 6.82. The summed E-state index contributed by atoms with van der Waals surface area (Å²) in [6.07, 6.45) is 4.86. The fourth-order valence-corrected chi connectivity index (χ4v) is 1.90. The predicted molar refractivity (Wildman–Crippen MR) is 69.5 cm³/mol. The monoisotopic (exact) mass is 247 g/mol. The van der Waals surface area contributed by atoms with Gasteiger partial charge in [-0.2, -0.15) is 0 Å². The Labute approximate surface area is 107 Å². The first-order chi connectivity index (χ1) is 8.81. The molecule has 1 aromatic heterocycles. The summed E-state index contributed by atoms with van der Waals surface area (Å²) in [6.45, 7) is 4.28. The van der Waals surface area contributed by atoms with Crippen LogP contribution in [0.1, 0.15) is 24.7 Å². The lowest BCUT2D eigenvalue weighted by atomic mass is 10.2. The molecule has 0 spiro atoms. The van der Waals surface area contributed by atoms with Gasteiger partial charge in [-0.3, -0.25) is 0 Å². The van der Waals surface area contributed by atoms with Gasteiger partial charge in [0.05, 0.1) is 6.54 Å². The predicted octanol–water partition coefficient (Wildman–Crippen LogP) is 2.72. The number of halogens is 1. The van der Waals surface area contributed by atoms with E-state index >= 15 is 0 Å². The minimum atomic E-state index is -0.165. The van der Waals surface area contributed by atoms with Gasteiger partial charge in [0.25, 0.3) is 0 Å². The van der Waals surface area contributed by atoms with Gasteiger partial charge in [0.15, 0.2) is 0 Å². The van der Waals surface area contributed by atoms with Crippen LogP contribution in [0.25, 0.3) is 0 Å². The summed E-state index contributed by atoms with van der Waals surface area (Å²) < 4.78 is 15.5. The van der Waals surface area contributed by atoms with Crippen LogP contribution in [0.15, 0.2) is 36.7 Å². The SMILES string of the molecule is CCCn1ccnc1CNCc1ccccc1F. The first-order valence-electron chi connectivity index (χ1n) is 6.25. The zero-order chi connectivity index (χ0) is 12.8. The molecule has 0 fully saturated rings. The van der Waals surface area contributed by atoms with Gasteiger partial charge in [0, 0.05) is 31.0 Å². The summed E-state index contributed by atoms with van der Waals surface area (Å²) in [4.78, 5) is 4.30. The second-order valence-corrected chi connectivity index (χ2v) is 4.23. The third-order valence-corrected chi connectivity index (χ3v) is 2.82. The zero-order valence-corrected chi connectivity index (χ0v) is 10.6. The van der Waals surface area contributed by atoms with E-state index in [4.69, 9.17) is 0 Å². The highest BCUT2D eigenvalue weighted by Crippen LogP contribution is 2.06. The Morgan fingerprint density at radius 3 is 2.89 bits per heavy atom. The molecular weight excluding hydrogens is 229 g/mol. The van der Waals surface area contributed by atoms with Gasteiger partial charge in [0.1, 0.15) is 11.6 Å². The van der Waals surface area contributed by atoms with Gasteiger partial charge in [0.2, 0.25) is 0 Å². The van der Waals surface area contributed by atoms with Crippen molar-refractivity contribution in [3.8, 4) is 0 Å². The first kappa shape index (κ1) is 12.8. The normalized spacial score (nSPS) is 10.8. The molecule has 18 heavy (non-hydrogen) atoms. The molecule has 0 atom stereocenters. The van der Waals surface area contributed by atoms with Gasteiger partial charge >= 0.3 is 0 Å². The van der Waals surface area contributed by atoms with Crippen molar-refractivity contribution in [3.05, 3.63) is 53.9 Å². The number of benzene rings is 1. The highest BCUT2D eigenvalue weighted by molar-refractivity contribution is 5.16. The van der Waals surface area contributed by atoms with Crippen LogP contribution in [0.2, 0.25) is 0 Å². The molecule has 1 heterocycles. The number of nitrogens with one attached hydrogen (secondary N) is 1. The molecule has 2 rings (SSSR count). The van der Waals surface area contributed by atoms with Crippen LogP contribution in [-0.2, 0) is 19.6 Å². The molecular formula is C14H18FN3.